The van der Waals surface area contributed by atoms with Crippen molar-refractivity contribution in [2.24, 2.45) is 5.92 Å². The topological polar surface area (TPSA) is 55.4 Å². The van der Waals surface area contributed by atoms with Gasteiger partial charge < -0.3 is 10.1 Å². The standard InChI is InChI=1S/C23H29NO3S/c1-5-27-23(26)21-18-11-6-15(4)12-19(18)28-22(21)24-20(25)13-16-7-9-17(10-8-16)14(2)3/h7-10,14-15H,5-6,11-13H2,1-4H3,(H,24,25). The van der Waals surface area contributed by atoms with Crippen LogP contribution in [0.2, 0.25) is 0 Å². The smallest absolute Gasteiger partial charge is 0.341 e. The van der Waals surface area contributed by atoms with E-state index in [1.807, 2.05) is 12.1 Å². The molecule has 2 aromatic rings. The van der Waals surface area contributed by atoms with E-state index in [-0.39, 0.29) is 11.9 Å². The molecule has 0 saturated heterocycles. The third-order valence-corrected chi connectivity index (χ3v) is 6.43. The Hall–Kier alpha value is -2.14. The summed E-state index contributed by atoms with van der Waals surface area (Å²) in [6, 6.07) is 8.15. The summed E-state index contributed by atoms with van der Waals surface area (Å²) >= 11 is 1.53. The van der Waals surface area contributed by atoms with Crippen LogP contribution in [-0.2, 0) is 28.8 Å². The number of esters is 1. The van der Waals surface area contributed by atoms with Crippen LogP contribution in [0.4, 0.5) is 5.00 Å². The first-order valence-corrected chi connectivity index (χ1v) is 10.9. The number of fused-ring (bicyclic) bond motifs is 1. The Labute approximate surface area is 171 Å². The lowest BCUT2D eigenvalue weighted by Crippen LogP contribution is -2.17. The maximum atomic E-state index is 12.7. The van der Waals surface area contributed by atoms with Gasteiger partial charge in [-0.3, -0.25) is 4.79 Å². The third kappa shape index (κ3) is 4.64. The van der Waals surface area contributed by atoms with Gasteiger partial charge in [-0.15, -0.1) is 11.3 Å². The summed E-state index contributed by atoms with van der Waals surface area (Å²) in [4.78, 5) is 26.4. The van der Waals surface area contributed by atoms with Gasteiger partial charge in [-0.05, 0) is 54.7 Å². The molecule has 0 aliphatic heterocycles. The number of carbonyl (C=O) groups is 2. The first-order valence-electron chi connectivity index (χ1n) is 10.1. The van der Waals surface area contributed by atoms with Gasteiger partial charge in [-0.1, -0.05) is 45.0 Å². The highest BCUT2D eigenvalue weighted by atomic mass is 32.1. The second kappa shape index (κ2) is 8.91. The summed E-state index contributed by atoms with van der Waals surface area (Å²) in [6.07, 6.45) is 3.18. The lowest BCUT2D eigenvalue weighted by molar-refractivity contribution is -0.115. The molecule has 4 nitrogen and oxygen atoms in total. The van der Waals surface area contributed by atoms with E-state index in [1.54, 1.807) is 6.92 Å². The van der Waals surface area contributed by atoms with E-state index in [0.717, 1.165) is 30.4 Å². The fraction of sp³-hybridized carbons (Fsp3) is 0.478. The van der Waals surface area contributed by atoms with Gasteiger partial charge >= 0.3 is 5.97 Å². The fourth-order valence-electron chi connectivity index (χ4n) is 3.63. The SMILES string of the molecule is CCOC(=O)c1c(NC(=O)Cc2ccc(C(C)C)cc2)sc2c1CCC(C)C2. The van der Waals surface area contributed by atoms with Gasteiger partial charge in [-0.2, -0.15) is 0 Å². The van der Waals surface area contributed by atoms with Crippen molar-refractivity contribution in [2.45, 2.75) is 59.3 Å². The van der Waals surface area contributed by atoms with E-state index in [1.165, 1.54) is 21.8 Å². The van der Waals surface area contributed by atoms with Crippen LogP contribution >= 0.6 is 11.3 Å². The molecule has 1 atom stereocenters. The summed E-state index contributed by atoms with van der Waals surface area (Å²) in [5, 5.41) is 3.63. The summed E-state index contributed by atoms with van der Waals surface area (Å²) in [5.74, 6) is 0.639. The van der Waals surface area contributed by atoms with Crippen LogP contribution in [-0.4, -0.2) is 18.5 Å². The van der Waals surface area contributed by atoms with Crippen molar-refractivity contribution in [2.75, 3.05) is 11.9 Å². The van der Waals surface area contributed by atoms with E-state index in [9.17, 15) is 9.59 Å². The van der Waals surface area contributed by atoms with Crippen molar-refractivity contribution < 1.29 is 14.3 Å². The zero-order valence-electron chi connectivity index (χ0n) is 17.1. The maximum Gasteiger partial charge on any atom is 0.341 e. The van der Waals surface area contributed by atoms with Crippen molar-refractivity contribution in [1.29, 1.82) is 0 Å². The molecular formula is C23H29NO3S. The van der Waals surface area contributed by atoms with Crippen LogP contribution in [0, 0.1) is 5.92 Å². The molecule has 1 unspecified atom stereocenters. The summed E-state index contributed by atoms with van der Waals surface area (Å²) in [7, 11) is 0. The fourth-order valence-corrected chi connectivity index (χ4v) is 5.05. The molecule has 1 amide bonds. The van der Waals surface area contributed by atoms with E-state index < -0.39 is 0 Å². The number of thiophene rings is 1. The molecule has 0 saturated carbocycles. The Kier molecular flexibility index (Phi) is 6.55. The Balaban J connectivity index is 1.78. The van der Waals surface area contributed by atoms with Crippen molar-refractivity contribution in [1.82, 2.24) is 0 Å². The molecule has 3 rings (SSSR count). The molecule has 0 fully saturated rings. The highest BCUT2D eigenvalue weighted by molar-refractivity contribution is 7.17. The number of amides is 1. The highest BCUT2D eigenvalue weighted by Gasteiger charge is 2.29. The highest BCUT2D eigenvalue weighted by Crippen LogP contribution is 2.40. The first-order chi connectivity index (χ1) is 13.4. The lowest BCUT2D eigenvalue weighted by atomic mass is 9.88. The molecule has 1 heterocycles. The van der Waals surface area contributed by atoms with E-state index in [0.29, 0.717) is 35.4 Å². The van der Waals surface area contributed by atoms with Crippen LogP contribution in [0.25, 0.3) is 0 Å². The number of hydrogen-bond donors (Lipinski definition) is 1. The average Bonchev–Trinajstić information content (AvgIpc) is 2.98. The molecule has 0 bridgehead atoms. The van der Waals surface area contributed by atoms with Crippen molar-refractivity contribution in [3.05, 3.63) is 51.4 Å². The third-order valence-electron chi connectivity index (χ3n) is 5.26. The van der Waals surface area contributed by atoms with E-state index in [2.05, 4.69) is 38.2 Å². The van der Waals surface area contributed by atoms with Crippen molar-refractivity contribution >= 4 is 28.2 Å². The predicted molar refractivity (Wildman–Crippen MR) is 114 cm³/mol. The molecule has 150 valence electrons. The molecule has 0 radical (unpaired) electrons. The van der Waals surface area contributed by atoms with Crippen LogP contribution in [0.15, 0.2) is 24.3 Å². The van der Waals surface area contributed by atoms with Crippen LogP contribution in [0.1, 0.15) is 72.0 Å². The quantitative estimate of drug-likeness (QED) is 0.666. The monoisotopic (exact) mass is 399 g/mol. The Morgan fingerprint density at radius 1 is 1.25 bits per heavy atom. The minimum Gasteiger partial charge on any atom is -0.462 e. The van der Waals surface area contributed by atoms with Gasteiger partial charge in [0.25, 0.3) is 0 Å². The molecular weight excluding hydrogens is 370 g/mol. The van der Waals surface area contributed by atoms with Crippen molar-refractivity contribution in [3.63, 3.8) is 0 Å². The lowest BCUT2D eigenvalue weighted by Gasteiger charge is -2.18. The molecule has 0 spiro atoms. The number of carbonyl (C=O) groups excluding carboxylic acids is 2. The maximum absolute atomic E-state index is 12.7. The number of ether oxygens (including phenoxy) is 1. The minimum atomic E-state index is -0.328. The summed E-state index contributed by atoms with van der Waals surface area (Å²) in [6.45, 7) is 8.66. The minimum absolute atomic E-state index is 0.102. The molecule has 1 aliphatic rings. The average molecular weight is 400 g/mol. The van der Waals surface area contributed by atoms with Crippen LogP contribution in [0.5, 0.6) is 0 Å². The van der Waals surface area contributed by atoms with E-state index in [4.69, 9.17) is 4.74 Å². The van der Waals surface area contributed by atoms with Gasteiger partial charge in [0.05, 0.1) is 18.6 Å². The van der Waals surface area contributed by atoms with E-state index >= 15 is 0 Å². The van der Waals surface area contributed by atoms with Crippen LogP contribution in [0.3, 0.4) is 0 Å². The number of benzene rings is 1. The largest absolute Gasteiger partial charge is 0.462 e. The normalized spacial score (nSPS) is 16.0. The van der Waals surface area contributed by atoms with Gasteiger partial charge in [0.15, 0.2) is 0 Å². The predicted octanol–water partition coefficient (Wildman–Crippen LogP) is 5.35. The molecule has 1 aromatic heterocycles. The molecule has 1 N–H and O–H groups in total. The summed E-state index contributed by atoms with van der Waals surface area (Å²) in [5.41, 5.74) is 3.86. The molecule has 28 heavy (non-hydrogen) atoms. The van der Waals surface area contributed by atoms with Gasteiger partial charge in [-0.25, -0.2) is 4.79 Å². The zero-order chi connectivity index (χ0) is 20.3. The molecule has 1 aliphatic carbocycles. The van der Waals surface area contributed by atoms with Gasteiger partial charge in [0, 0.05) is 4.88 Å². The molecule has 1 aromatic carbocycles. The number of anilines is 1. The second-order valence-corrected chi connectivity index (χ2v) is 9.00. The number of nitrogens with one attached hydrogen (secondary N) is 1. The zero-order valence-corrected chi connectivity index (χ0v) is 17.9. The second-order valence-electron chi connectivity index (χ2n) is 7.90. The summed E-state index contributed by atoms with van der Waals surface area (Å²) < 4.78 is 5.27. The Bertz CT molecular complexity index is 851. The van der Waals surface area contributed by atoms with Crippen molar-refractivity contribution in [3.8, 4) is 0 Å². The van der Waals surface area contributed by atoms with Crippen LogP contribution < -0.4 is 5.32 Å². The number of rotatable bonds is 6. The number of hydrogen-bond acceptors (Lipinski definition) is 4. The van der Waals surface area contributed by atoms with Gasteiger partial charge in [0.1, 0.15) is 5.00 Å². The molecule has 5 heteroatoms. The van der Waals surface area contributed by atoms with Gasteiger partial charge in [0.2, 0.25) is 5.91 Å². The first kappa shape index (κ1) is 20.6. The Morgan fingerprint density at radius 3 is 2.61 bits per heavy atom. The Morgan fingerprint density at radius 2 is 1.96 bits per heavy atom.